The molecule has 0 spiro atoms. The first-order chi connectivity index (χ1) is 11.3. The molecular weight excluding hydrogens is 298 g/mol. The van der Waals surface area contributed by atoms with Gasteiger partial charge in [0.05, 0.1) is 6.04 Å². The number of aryl methyl sites for hydroxylation is 1. The van der Waals surface area contributed by atoms with Gasteiger partial charge in [-0.2, -0.15) is 0 Å². The first kappa shape index (κ1) is 18.1. The van der Waals surface area contributed by atoms with E-state index in [0.29, 0.717) is 5.75 Å². The zero-order chi connectivity index (χ0) is 17.7. The summed E-state index contributed by atoms with van der Waals surface area (Å²) in [5.41, 5.74) is 3.62. The molecule has 24 heavy (non-hydrogen) atoms. The molecule has 0 unspecified atom stereocenters. The van der Waals surface area contributed by atoms with Crippen LogP contribution >= 0.6 is 0 Å². The van der Waals surface area contributed by atoms with E-state index >= 15 is 0 Å². The van der Waals surface area contributed by atoms with Crippen LogP contribution in [0.4, 0.5) is 0 Å². The molecule has 0 saturated carbocycles. The lowest BCUT2D eigenvalue weighted by Crippen LogP contribution is -2.31. The zero-order valence-corrected chi connectivity index (χ0v) is 15.2. The van der Waals surface area contributed by atoms with Gasteiger partial charge in [-0.1, -0.05) is 57.2 Å². The van der Waals surface area contributed by atoms with E-state index in [1.807, 2.05) is 38.1 Å². The fourth-order valence-electron chi connectivity index (χ4n) is 2.49. The monoisotopic (exact) mass is 325 g/mol. The summed E-state index contributed by atoms with van der Waals surface area (Å²) in [5.74, 6) is 0.594. The van der Waals surface area contributed by atoms with Crippen molar-refractivity contribution in [2.75, 3.05) is 6.61 Å². The highest BCUT2D eigenvalue weighted by atomic mass is 16.5. The molecular formula is C21H27NO2. The lowest BCUT2D eigenvalue weighted by molar-refractivity contribution is -0.123. The van der Waals surface area contributed by atoms with Crippen molar-refractivity contribution in [1.29, 1.82) is 0 Å². The second-order valence-electron chi connectivity index (χ2n) is 7.27. The third-order valence-corrected chi connectivity index (χ3v) is 4.01. The van der Waals surface area contributed by atoms with Crippen LogP contribution in [0.15, 0.2) is 48.5 Å². The van der Waals surface area contributed by atoms with Gasteiger partial charge in [-0.05, 0) is 48.1 Å². The van der Waals surface area contributed by atoms with Gasteiger partial charge >= 0.3 is 0 Å². The number of nitrogens with one attached hydrogen (secondary N) is 1. The first-order valence-electron chi connectivity index (χ1n) is 8.35. The number of rotatable bonds is 5. The maximum atomic E-state index is 12.1. The van der Waals surface area contributed by atoms with Gasteiger partial charge in [-0.25, -0.2) is 0 Å². The van der Waals surface area contributed by atoms with Gasteiger partial charge in [0.1, 0.15) is 5.75 Å². The van der Waals surface area contributed by atoms with Crippen molar-refractivity contribution in [2.24, 2.45) is 0 Å². The fourth-order valence-corrected chi connectivity index (χ4v) is 2.49. The number of carbonyl (C=O) groups excluding carboxylic acids is 1. The molecule has 0 aliphatic rings. The molecule has 1 amide bonds. The number of hydrogen-bond donors (Lipinski definition) is 1. The predicted molar refractivity (Wildman–Crippen MR) is 98.4 cm³/mol. The Morgan fingerprint density at radius 2 is 1.79 bits per heavy atom. The van der Waals surface area contributed by atoms with E-state index in [4.69, 9.17) is 4.74 Å². The lowest BCUT2D eigenvalue weighted by atomic mass is 9.86. The van der Waals surface area contributed by atoms with E-state index in [9.17, 15) is 4.79 Å². The normalized spacial score (nSPS) is 12.5. The molecule has 0 aliphatic carbocycles. The van der Waals surface area contributed by atoms with Crippen molar-refractivity contribution >= 4 is 5.91 Å². The number of amides is 1. The Balaban J connectivity index is 1.89. The minimum atomic E-state index is -0.121. The Kier molecular flexibility index (Phi) is 5.66. The fraction of sp³-hybridized carbons (Fsp3) is 0.381. The molecule has 2 rings (SSSR count). The first-order valence-corrected chi connectivity index (χ1v) is 8.35. The van der Waals surface area contributed by atoms with Crippen LogP contribution in [-0.2, 0) is 10.2 Å². The molecule has 2 aromatic rings. The molecule has 0 saturated heterocycles. The van der Waals surface area contributed by atoms with E-state index in [2.05, 4.69) is 50.4 Å². The van der Waals surface area contributed by atoms with E-state index < -0.39 is 0 Å². The third kappa shape index (κ3) is 5.12. The molecule has 1 N–H and O–H groups in total. The average molecular weight is 325 g/mol. The number of benzene rings is 2. The zero-order valence-electron chi connectivity index (χ0n) is 15.2. The summed E-state index contributed by atoms with van der Waals surface area (Å²) in [6, 6.07) is 16.0. The second kappa shape index (κ2) is 7.52. The molecule has 0 aliphatic heterocycles. The molecule has 0 fully saturated rings. The number of hydrogen-bond acceptors (Lipinski definition) is 2. The van der Waals surface area contributed by atoms with Crippen molar-refractivity contribution < 1.29 is 9.53 Å². The van der Waals surface area contributed by atoms with Crippen LogP contribution in [0.1, 0.15) is 50.4 Å². The highest BCUT2D eigenvalue weighted by Gasteiger charge is 2.15. The predicted octanol–water partition coefficient (Wildman–Crippen LogP) is 4.55. The van der Waals surface area contributed by atoms with Gasteiger partial charge < -0.3 is 10.1 Å². The van der Waals surface area contributed by atoms with Gasteiger partial charge in [0, 0.05) is 0 Å². The minimum absolute atomic E-state index is 0.0217. The van der Waals surface area contributed by atoms with Gasteiger partial charge in [0.2, 0.25) is 0 Å². The third-order valence-electron chi connectivity index (χ3n) is 4.01. The van der Waals surface area contributed by atoms with Crippen molar-refractivity contribution in [3.63, 3.8) is 0 Å². The van der Waals surface area contributed by atoms with Crippen molar-refractivity contribution in [3.05, 3.63) is 65.2 Å². The van der Waals surface area contributed by atoms with Crippen LogP contribution in [0.2, 0.25) is 0 Å². The van der Waals surface area contributed by atoms with E-state index in [-0.39, 0.29) is 24.0 Å². The molecule has 128 valence electrons. The summed E-state index contributed by atoms with van der Waals surface area (Å²) >= 11 is 0. The maximum Gasteiger partial charge on any atom is 0.258 e. The van der Waals surface area contributed by atoms with Gasteiger partial charge in [-0.3, -0.25) is 4.79 Å². The Morgan fingerprint density at radius 1 is 1.12 bits per heavy atom. The van der Waals surface area contributed by atoms with Crippen molar-refractivity contribution in [3.8, 4) is 5.75 Å². The van der Waals surface area contributed by atoms with E-state index in [1.54, 1.807) is 0 Å². The molecule has 0 heterocycles. The largest absolute Gasteiger partial charge is 0.484 e. The number of carbonyl (C=O) groups is 1. The van der Waals surface area contributed by atoms with Gasteiger partial charge in [0.25, 0.3) is 5.91 Å². The van der Waals surface area contributed by atoms with Crippen LogP contribution in [-0.4, -0.2) is 12.5 Å². The van der Waals surface area contributed by atoms with Crippen LogP contribution < -0.4 is 10.1 Å². The summed E-state index contributed by atoms with van der Waals surface area (Å²) in [6.45, 7) is 10.6. The van der Waals surface area contributed by atoms with Gasteiger partial charge in [-0.15, -0.1) is 0 Å². The van der Waals surface area contributed by atoms with Crippen LogP contribution in [0.5, 0.6) is 5.75 Å². The molecule has 1 atom stereocenters. The van der Waals surface area contributed by atoms with Crippen LogP contribution in [0.3, 0.4) is 0 Å². The average Bonchev–Trinajstić information content (AvgIpc) is 2.52. The molecule has 0 aromatic heterocycles. The quantitative estimate of drug-likeness (QED) is 0.876. The second-order valence-corrected chi connectivity index (χ2v) is 7.27. The molecule has 3 heteroatoms. The molecule has 3 nitrogen and oxygen atoms in total. The highest BCUT2D eigenvalue weighted by molar-refractivity contribution is 5.78. The lowest BCUT2D eigenvalue weighted by Gasteiger charge is -2.20. The SMILES string of the molecule is Cc1cccc(OCC(=O)N[C@@H](C)c2ccc(C(C)(C)C)cc2)c1. The summed E-state index contributed by atoms with van der Waals surface area (Å²) < 4.78 is 5.54. The highest BCUT2D eigenvalue weighted by Crippen LogP contribution is 2.23. The van der Waals surface area contributed by atoms with E-state index in [1.165, 1.54) is 5.56 Å². The summed E-state index contributed by atoms with van der Waals surface area (Å²) in [5, 5.41) is 2.98. The molecule has 0 radical (unpaired) electrons. The standard InChI is InChI=1S/C21H27NO2/c1-15-7-6-8-19(13-15)24-14-20(23)22-16(2)17-9-11-18(12-10-17)21(3,4)5/h6-13,16H,14H2,1-5H3,(H,22,23)/t16-/m0/s1. The van der Waals surface area contributed by atoms with Gasteiger partial charge in [0.15, 0.2) is 6.61 Å². The Labute approximate surface area is 145 Å². The summed E-state index contributed by atoms with van der Waals surface area (Å²) in [4.78, 5) is 12.1. The summed E-state index contributed by atoms with van der Waals surface area (Å²) in [6.07, 6.45) is 0. The van der Waals surface area contributed by atoms with Crippen LogP contribution in [0.25, 0.3) is 0 Å². The molecule has 0 bridgehead atoms. The smallest absolute Gasteiger partial charge is 0.258 e. The van der Waals surface area contributed by atoms with Crippen molar-refractivity contribution in [1.82, 2.24) is 5.32 Å². The minimum Gasteiger partial charge on any atom is -0.484 e. The Bertz CT molecular complexity index is 684. The number of ether oxygens (including phenoxy) is 1. The topological polar surface area (TPSA) is 38.3 Å². The van der Waals surface area contributed by atoms with E-state index in [0.717, 1.165) is 11.1 Å². The Hall–Kier alpha value is -2.29. The summed E-state index contributed by atoms with van der Waals surface area (Å²) in [7, 11) is 0. The van der Waals surface area contributed by atoms with Crippen molar-refractivity contribution in [2.45, 2.75) is 46.1 Å². The molecule has 2 aromatic carbocycles. The van der Waals surface area contributed by atoms with Crippen LogP contribution in [0, 0.1) is 6.92 Å². The maximum absolute atomic E-state index is 12.1. The Morgan fingerprint density at radius 3 is 2.38 bits per heavy atom.